The second-order valence-corrected chi connectivity index (χ2v) is 9.60. The predicted octanol–water partition coefficient (Wildman–Crippen LogP) is 3.40. The molecule has 0 bridgehead atoms. The monoisotopic (exact) mass is 478 g/mol. The Balaban J connectivity index is 1.41. The van der Waals surface area contributed by atoms with Gasteiger partial charge in [-0.3, -0.25) is 4.98 Å². The molecule has 174 valence electrons. The third-order valence-electron chi connectivity index (χ3n) is 5.46. The standard InChI is InChI=1S/C22H21F3N4O3S/c23-22(24,25)17-5-8-21(27-13-17)28-19-9-11-29(14-20(19)30)33(31,32)18-6-3-15(4-7-18)16-2-1-10-26-12-16/h1-8,10,12-13,19-20,30H,9,11,14H2,(H,27,28)/t19-,20+/m1/s1. The molecule has 0 radical (unpaired) electrons. The quantitative estimate of drug-likeness (QED) is 0.584. The molecule has 1 aliphatic rings. The zero-order chi connectivity index (χ0) is 23.6. The topological polar surface area (TPSA) is 95.4 Å². The Kier molecular flexibility index (Phi) is 6.37. The molecular formula is C22H21F3N4O3S. The van der Waals surface area contributed by atoms with Crippen molar-refractivity contribution in [3.63, 3.8) is 0 Å². The molecule has 1 fully saturated rings. The molecule has 3 heterocycles. The Hall–Kier alpha value is -3.02. The zero-order valence-electron chi connectivity index (χ0n) is 17.3. The van der Waals surface area contributed by atoms with Crippen LogP contribution in [0, 0.1) is 0 Å². The van der Waals surface area contributed by atoms with Crippen LogP contribution in [0.1, 0.15) is 12.0 Å². The number of alkyl halides is 3. The molecule has 0 unspecified atom stereocenters. The molecule has 2 atom stereocenters. The molecule has 3 aromatic rings. The number of piperidine rings is 1. The number of sulfonamides is 1. The highest BCUT2D eigenvalue weighted by atomic mass is 32.2. The summed E-state index contributed by atoms with van der Waals surface area (Å²) in [6, 6.07) is 11.6. The van der Waals surface area contributed by atoms with Crippen molar-refractivity contribution in [2.24, 2.45) is 0 Å². The predicted molar refractivity (Wildman–Crippen MR) is 116 cm³/mol. The first kappa shape index (κ1) is 23.1. The lowest BCUT2D eigenvalue weighted by Crippen LogP contribution is -2.51. The number of aliphatic hydroxyl groups excluding tert-OH is 1. The fourth-order valence-corrected chi connectivity index (χ4v) is 5.10. The normalized spacial score (nSPS) is 19.9. The zero-order valence-corrected chi connectivity index (χ0v) is 18.1. The van der Waals surface area contributed by atoms with Gasteiger partial charge in [-0.15, -0.1) is 0 Å². The summed E-state index contributed by atoms with van der Waals surface area (Å²) < 4.78 is 65.3. The summed E-state index contributed by atoms with van der Waals surface area (Å²) in [5, 5.41) is 13.4. The molecule has 0 spiro atoms. The maximum atomic E-state index is 13.0. The fraction of sp³-hybridized carbons (Fsp3) is 0.273. The van der Waals surface area contributed by atoms with Crippen molar-refractivity contribution in [1.82, 2.24) is 14.3 Å². The van der Waals surface area contributed by atoms with Gasteiger partial charge in [-0.1, -0.05) is 18.2 Å². The number of aromatic nitrogens is 2. The van der Waals surface area contributed by atoms with E-state index >= 15 is 0 Å². The molecule has 7 nitrogen and oxygen atoms in total. The lowest BCUT2D eigenvalue weighted by atomic mass is 10.0. The van der Waals surface area contributed by atoms with Crippen LogP contribution in [0.4, 0.5) is 19.0 Å². The summed E-state index contributed by atoms with van der Waals surface area (Å²) in [6.45, 7) is -0.00690. The highest BCUT2D eigenvalue weighted by Crippen LogP contribution is 2.29. The fourth-order valence-electron chi connectivity index (χ4n) is 3.63. The van der Waals surface area contributed by atoms with Gasteiger partial charge in [-0.2, -0.15) is 17.5 Å². The van der Waals surface area contributed by atoms with Gasteiger partial charge in [0.05, 0.1) is 22.6 Å². The van der Waals surface area contributed by atoms with Crippen molar-refractivity contribution in [3.8, 4) is 11.1 Å². The molecule has 2 aromatic heterocycles. The van der Waals surface area contributed by atoms with Gasteiger partial charge in [-0.25, -0.2) is 13.4 Å². The number of rotatable bonds is 5. The molecule has 1 aromatic carbocycles. The van der Waals surface area contributed by atoms with E-state index in [9.17, 15) is 26.7 Å². The van der Waals surface area contributed by atoms with Crippen molar-refractivity contribution in [2.45, 2.75) is 29.6 Å². The molecular weight excluding hydrogens is 457 g/mol. The lowest BCUT2D eigenvalue weighted by molar-refractivity contribution is -0.137. The highest BCUT2D eigenvalue weighted by Gasteiger charge is 2.35. The number of hydrogen-bond acceptors (Lipinski definition) is 6. The van der Waals surface area contributed by atoms with E-state index < -0.39 is 33.9 Å². The molecule has 1 saturated heterocycles. The van der Waals surface area contributed by atoms with E-state index in [1.165, 1.54) is 22.5 Å². The van der Waals surface area contributed by atoms with Crippen LogP contribution in [-0.4, -0.2) is 53.0 Å². The number of β-amino-alcohol motifs (C(OH)–C–C–N with tert-alkyl or cyclic N) is 1. The average Bonchev–Trinajstić information content (AvgIpc) is 2.81. The summed E-state index contributed by atoms with van der Waals surface area (Å²) in [6.07, 6.45) is -1.24. The van der Waals surface area contributed by atoms with Gasteiger partial charge in [0, 0.05) is 31.7 Å². The van der Waals surface area contributed by atoms with Gasteiger partial charge in [0.15, 0.2) is 0 Å². The van der Waals surface area contributed by atoms with Gasteiger partial charge < -0.3 is 10.4 Å². The van der Waals surface area contributed by atoms with E-state index in [0.29, 0.717) is 6.20 Å². The molecule has 1 aliphatic heterocycles. The van der Waals surface area contributed by atoms with Crippen molar-refractivity contribution in [3.05, 3.63) is 72.7 Å². The van der Waals surface area contributed by atoms with Gasteiger partial charge >= 0.3 is 6.18 Å². The third-order valence-corrected chi connectivity index (χ3v) is 7.34. The van der Waals surface area contributed by atoms with Crippen LogP contribution in [0.3, 0.4) is 0 Å². The van der Waals surface area contributed by atoms with E-state index in [-0.39, 0.29) is 30.2 Å². The van der Waals surface area contributed by atoms with Crippen LogP contribution in [0.2, 0.25) is 0 Å². The summed E-state index contributed by atoms with van der Waals surface area (Å²) in [5.74, 6) is 0.175. The van der Waals surface area contributed by atoms with Crippen LogP contribution >= 0.6 is 0 Å². The van der Waals surface area contributed by atoms with E-state index in [1.807, 2.05) is 6.07 Å². The van der Waals surface area contributed by atoms with Crippen LogP contribution in [0.15, 0.2) is 72.0 Å². The summed E-state index contributed by atoms with van der Waals surface area (Å²) >= 11 is 0. The summed E-state index contributed by atoms with van der Waals surface area (Å²) in [7, 11) is -3.82. The Morgan fingerprint density at radius 2 is 1.79 bits per heavy atom. The third kappa shape index (κ3) is 5.15. The maximum Gasteiger partial charge on any atom is 0.417 e. The van der Waals surface area contributed by atoms with Crippen LogP contribution in [-0.2, 0) is 16.2 Å². The number of pyridine rings is 2. The van der Waals surface area contributed by atoms with Crippen molar-refractivity contribution >= 4 is 15.8 Å². The molecule has 4 rings (SSSR count). The first-order valence-corrected chi connectivity index (χ1v) is 11.6. The van der Waals surface area contributed by atoms with Gasteiger partial charge in [0.25, 0.3) is 0 Å². The second kappa shape index (κ2) is 9.08. The van der Waals surface area contributed by atoms with Gasteiger partial charge in [0.1, 0.15) is 5.82 Å². The number of nitrogens with one attached hydrogen (secondary N) is 1. The first-order chi connectivity index (χ1) is 15.6. The minimum Gasteiger partial charge on any atom is -0.390 e. The molecule has 2 N–H and O–H groups in total. The molecule has 0 aliphatic carbocycles. The maximum absolute atomic E-state index is 13.0. The van der Waals surface area contributed by atoms with E-state index in [4.69, 9.17) is 0 Å². The number of halogens is 3. The number of anilines is 1. The number of benzene rings is 1. The first-order valence-electron chi connectivity index (χ1n) is 10.1. The second-order valence-electron chi connectivity index (χ2n) is 7.67. The molecule has 0 amide bonds. The Morgan fingerprint density at radius 3 is 2.36 bits per heavy atom. The number of aliphatic hydroxyl groups is 1. The number of hydrogen-bond donors (Lipinski definition) is 2. The Bertz CT molecular complexity index is 1190. The molecule has 11 heteroatoms. The SMILES string of the molecule is O=S(=O)(c1ccc(-c2cccnc2)cc1)N1CC[C@@H](Nc2ccc(C(F)(F)F)cn2)[C@@H](O)C1. The van der Waals surface area contributed by atoms with Crippen LogP contribution < -0.4 is 5.32 Å². The minimum absolute atomic E-state index is 0.109. The molecule has 0 saturated carbocycles. The minimum atomic E-state index is -4.49. The number of nitrogens with zero attached hydrogens (tertiary/aromatic N) is 3. The van der Waals surface area contributed by atoms with E-state index in [2.05, 4.69) is 15.3 Å². The van der Waals surface area contributed by atoms with Crippen molar-refractivity contribution in [2.75, 3.05) is 18.4 Å². The molecule has 33 heavy (non-hydrogen) atoms. The summed E-state index contributed by atoms with van der Waals surface area (Å²) in [4.78, 5) is 7.90. The smallest absolute Gasteiger partial charge is 0.390 e. The lowest BCUT2D eigenvalue weighted by Gasteiger charge is -2.35. The summed E-state index contributed by atoms with van der Waals surface area (Å²) in [5.41, 5.74) is 0.818. The van der Waals surface area contributed by atoms with Gasteiger partial charge in [0.2, 0.25) is 10.0 Å². The van der Waals surface area contributed by atoms with E-state index in [0.717, 1.165) is 17.2 Å². The van der Waals surface area contributed by atoms with Crippen molar-refractivity contribution in [1.29, 1.82) is 0 Å². The van der Waals surface area contributed by atoms with Crippen LogP contribution in [0.25, 0.3) is 11.1 Å². The largest absolute Gasteiger partial charge is 0.417 e. The van der Waals surface area contributed by atoms with E-state index in [1.54, 1.807) is 30.6 Å². The van der Waals surface area contributed by atoms with Crippen molar-refractivity contribution < 1.29 is 26.7 Å². The Labute approximate surface area is 189 Å². The highest BCUT2D eigenvalue weighted by molar-refractivity contribution is 7.89. The van der Waals surface area contributed by atoms with Crippen LogP contribution in [0.5, 0.6) is 0 Å². The average molecular weight is 478 g/mol. The van der Waals surface area contributed by atoms with Gasteiger partial charge in [-0.05, 0) is 47.9 Å². The Morgan fingerprint density at radius 1 is 1.03 bits per heavy atom.